The molecule has 1 heterocycles. The standard InChI is InChI=1S/C16H15N3O/c1-11-7-9-13(10-8-11)17-15-6-4-3-5-14(15)16-19-18-12(2)20-16/h3-10,17H,1-2H3. The number of benzene rings is 2. The van der Waals surface area contributed by atoms with Crippen LogP contribution in [0.3, 0.4) is 0 Å². The Morgan fingerprint density at radius 3 is 2.35 bits per heavy atom. The minimum absolute atomic E-state index is 0.526. The van der Waals surface area contributed by atoms with Gasteiger partial charge in [0.15, 0.2) is 0 Å². The van der Waals surface area contributed by atoms with Crippen molar-refractivity contribution in [2.24, 2.45) is 0 Å². The maximum atomic E-state index is 5.50. The zero-order valence-electron chi connectivity index (χ0n) is 11.4. The highest BCUT2D eigenvalue weighted by molar-refractivity contribution is 5.76. The van der Waals surface area contributed by atoms with Gasteiger partial charge in [-0.05, 0) is 31.2 Å². The molecular formula is C16H15N3O. The van der Waals surface area contributed by atoms with Crippen molar-refractivity contribution in [2.75, 3.05) is 5.32 Å². The van der Waals surface area contributed by atoms with Crippen molar-refractivity contribution in [2.45, 2.75) is 13.8 Å². The predicted molar refractivity (Wildman–Crippen MR) is 78.9 cm³/mol. The number of hydrogen-bond acceptors (Lipinski definition) is 4. The van der Waals surface area contributed by atoms with E-state index in [0.29, 0.717) is 11.8 Å². The average Bonchev–Trinajstić information content (AvgIpc) is 2.88. The summed E-state index contributed by atoms with van der Waals surface area (Å²) < 4.78 is 5.50. The molecule has 3 rings (SSSR count). The van der Waals surface area contributed by atoms with Crippen LogP contribution in [0.4, 0.5) is 11.4 Å². The number of hydrogen-bond donors (Lipinski definition) is 1. The maximum Gasteiger partial charge on any atom is 0.249 e. The Morgan fingerprint density at radius 1 is 0.900 bits per heavy atom. The second-order valence-corrected chi connectivity index (χ2v) is 4.66. The number of anilines is 2. The van der Waals surface area contributed by atoms with Crippen molar-refractivity contribution in [3.63, 3.8) is 0 Å². The van der Waals surface area contributed by atoms with E-state index < -0.39 is 0 Å². The Kier molecular flexibility index (Phi) is 3.21. The highest BCUT2D eigenvalue weighted by Gasteiger charge is 2.10. The first-order valence-electron chi connectivity index (χ1n) is 6.45. The number of rotatable bonds is 3. The summed E-state index contributed by atoms with van der Waals surface area (Å²) in [6.45, 7) is 3.85. The summed E-state index contributed by atoms with van der Waals surface area (Å²) in [5.74, 6) is 1.09. The second kappa shape index (κ2) is 5.17. The van der Waals surface area contributed by atoms with Gasteiger partial charge in [0.2, 0.25) is 11.8 Å². The molecule has 4 nitrogen and oxygen atoms in total. The van der Waals surface area contributed by atoms with E-state index in [1.54, 1.807) is 6.92 Å². The van der Waals surface area contributed by atoms with E-state index in [1.807, 2.05) is 36.4 Å². The van der Waals surface area contributed by atoms with Crippen molar-refractivity contribution in [1.82, 2.24) is 10.2 Å². The van der Waals surface area contributed by atoms with Gasteiger partial charge in [-0.1, -0.05) is 29.8 Å². The number of aryl methyl sites for hydroxylation is 2. The number of nitrogens with zero attached hydrogens (tertiary/aromatic N) is 2. The van der Waals surface area contributed by atoms with Gasteiger partial charge < -0.3 is 9.73 Å². The molecule has 1 aromatic heterocycles. The van der Waals surface area contributed by atoms with Crippen molar-refractivity contribution in [3.05, 3.63) is 60.0 Å². The van der Waals surface area contributed by atoms with Crippen LogP contribution in [0.5, 0.6) is 0 Å². The first-order chi connectivity index (χ1) is 9.72. The fourth-order valence-electron chi connectivity index (χ4n) is 1.98. The average molecular weight is 265 g/mol. The molecule has 2 aromatic carbocycles. The summed E-state index contributed by atoms with van der Waals surface area (Å²) in [4.78, 5) is 0. The first-order valence-corrected chi connectivity index (χ1v) is 6.45. The minimum Gasteiger partial charge on any atom is -0.421 e. The third-order valence-electron chi connectivity index (χ3n) is 3.01. The Bertz CT molecular complexity index is 717. The summed E-state index contributed by atoms with van der Waals surface area (Å²) in [6, 6.07) is 16.1. The van der Waals surface area contributed by atoms with Crippen molar-refractivity contribution in [1.29, 1.82) is 0 Å². The molecule has 1 N–H and O–H groups in total. The monoisotopic (exact) mass is 265 g/mol. The molecule has 0 unspecified atom stereocenters. The van der Waals surface area contributed by atoms with Crippen molar-refractivity contribution >= 4 is 11.4 Å². The number of aromatic nitrogens is 2. The van der Waals surface area contributed by atoms with Crippen LogP contribution in [0, 0.1) is 13.8 Å². The SMILES string of the molecule is Cc1ccc(Nc2ccccc2-c2nnc(C)o2)cc1. The van der Waals surface area contributed by atoms with Gasteiger partial charge >= 0.3 is 0 Å². The molecule has 4 heteroatoms. The third-order valence-corrected chi connectivity index (χ3v) is 3.01. The van der Waals surface area contributed by atoms with E-state index in [1.165, 1.54) is 5.56 Å². The smallest absolute Gasteiger partial charge is 0.249 e. The molecular weight excluding hydrogens is 250 g/mol. The van der Waals surface area contributed by atoms with Gasteiger partial charge in [-0.15, -0.1) is 10.2 Å². The topological polar surface area (TPSA) is 51.0 Å². The molecule has 0 spiro atoms. The van der Waals surface area contributed by atoms with Crippen molar-refractivity contribution < 1.29 is 4.42 Å². The fourth-order valence-corrected chi connectivity index (χ4v) is 1.98. The maximum absolute atomic E-state index is 5.50. The molecule has 0 aliphatic rings. The summed E-state index contributed by atoms with van der Waals surface area (Å²) in [6.07, 6.45) is 0. The van der Waals surface area contributed by atoms with E-state index >= 15 is 0 Å². The first kappa shape index (κ1) is 12.4. The Balaban J connectivity index is 1.96. The van der Waals surface area contributed by atoms with Gasteiger partial charge in [0, 0.05) is 12.6 Å². The van der Waals surface area contributed by atoms with Crippen LogP contribution < -0.4 is 5.32 Å². The fraction of sp³-hybridized carbons (Fsp3) is 0.125. The zero-order valence-corrected chi connectivity index (χ0v) is 11.4. The highest BCUT2D eigenvalue weighted by atomic mass is 16.4. The third kappa shape index (κ3) is 2.54. The molecule has 0 atom stereocenters. The summed E-state index contributed by atoms with van der Waals surface area (Å²) in [5.41, 5.74) is 4.10. The van der Waals surface area contributed by atoms with Gasteiger partial charge in [0.25, 0.3) is 0 Å². The van der Waals surface area contributed by atoms with E-state index in [-0.39, 0.29) is 0 Å². The van der Waals surface area contributed by atoms with Gasteiger partial charge in [0.05, 0.1) is 11.3 Å². The molecule has 0 saturated carbocycles. The van der Waals surface area contributed by atoms with Crippen LogP contribution in [-0.4, -0.2) is 10.2 Å². The van der Waals surface area contributed by atoms with Crippen molar-refractivity contribution in [3.8, 4) is 11.5 Å². The second-order valence-electron chi connectivity index (χ2n) is 4.66. The lowest BCUT2D eigenvalue weighted by atomic mass is 10.1. The molecule has 0 fully saturated rings. The molecule has 0 amide bonds. The molecule has 0 aliphatic heterocycles. The van der Waals surface area contributed by atoms with Crippen LogP contribution in [-0.2, 0) is 0 Å². The lowest BCUT2D eigenvalue weighted by Gasteiger charge is -2.09. The summed E-state index contributed by atoms with van der Waals surface area (Å²) in [7, 11) is 0. The highest BCUT2D eigenvalue weighted by Crippen LogP contribution is 2.29. The Hall–Kier alpha value is -2.62. The van der Waals surface area contributed by atoms with E-state index in [9.17, 15) is 0 Å². The molecule has 0 aliphatic carbocycles. The molecule has 100 valence electrons. The Labute approximate surface area is 117 Å². The summed E-state index contributed by atoms with van der Waals surface area (Å²) >= 11 is 0. The summed E-state index contributed by atoms with van der Waals surface area (Å²) in [5, 5.41) is 11.3. The largest absolute Gasteiger partial charge is 0.421 e. The molecule has 0 radical (unpaired) electrons. The minimum atomic E-state index is 0.526. The van der Waals surface area contributed by atoms with Crippen LogP contribution in [0.1, 0.15) is 11.5 Å². The lowest BCUT2D eigenvalue weighted by molar-refractivity contribution is 0.533. The van der Waals surface area contributed by atoms with Crippen LogP contribution in [0.2, 0.25) is 0 Å². The van der Waals surface area contributed by atoms with Gasteiger partial charge in [-0.3, -0.25) is 0 Å². The zero-order chi connectivity index (χ0) is 13.9. The van der Waals surface area contributed by atoms with Gasteiger partial charge in [-0.2, -0.15) is 0 Å². The molecule has 0 bridgehead atoms. The predicted octanol–water partition coefficient (Wildman–Crippen LogP) is 4.10. The van der Waals surface area contributed by atoms with Crippen LogP contribution in [0.15, 0.2) is 52.9 Å². The van der Waals surface area contributed by atoms with E-state index in [2.05, 4.69) is 34.6 Å². The Morgan fingerprint density at radius 2 is 1.65 bits per heavy atom. The van der Waals surface area contributed by atoms with Crippen LogP contribution in [0.25, 0.3) is 11.5 Å². The number of nitrogens with one attached hydrogen (secondary N) is 1. The van der Waals surface area contributed by atoms with Crippen LogP contribution >= 0.6 is 0 Å². The molecule has 20 heavy (non-hydrogen) atoms. The van der Waals surface area contributed by atoms with E-state index in [0.717, 1.165) is 16.9 Å². The molecule has 0 saturated heterocycles. The van der Waals surface area contributed by atoms with Gasteiger partial charge in [-0.25, -0.2) is 0 Å². The number of para-hydroxylation sites is 1. The van der Waals surface area contributed by atoms with Gasteiger partial charge in [0.1, 0.15) is 0 Å². The lowest BCUT2D eigenvalue weighted by Crippen LogP contribution is -1.93. The molecule has 3 aromatic rings. The quantitative estimate of drug-likeness (QED) is 0.774. The normalized spacial score (nSPS) is 10.5. The van der Waals surface area contributed by atoms with E-state index in [4.69, 9.17) is 4.42 Å².